The molecule has 0 saturated carbocycles. The summed E-state index contributed by atoms with van der Waals surface area (Å²) in [6, 6.07) is 10.7. The molecule has 3 rings (SSSR count). The molecule has 0 radical (unpaired) electrons. The molecule has 1 aromatic carbocycles. The number of anilines is 1. The number of hydrogen-bond donors (Lipinski definition) is 0. The van der Waals surface area contributed by atoms with Crippen molar-refractivity contribution < 1.29 is 4.52 Å². The van der Waals surface area contributed by atoms with Gasteiger partial charge in [-0.2, -0.15) is 4.98 Å². The second-order valence-electron chi connectivity index (χ2n) is 5.87. The van der Waals surface area contributed by atoms with Crippen molar-refractivity contribution in [1.82, 2.24) is 15.0 Å². The van der Waals surface area contributed by atoms with Gasteiger partial charge >= 0.3 is 0 Å². The Morgan fingerprint density at radius 3 is 2.86 bits per heavy atom. The maximum Gasteiger partial charge on any atom is 0.240 e. The largest absolute Gasteiger partial charge is 0.371 e. The second kappa shape index (κ2) is 6.26. The monoisotopic (exact) mass is 286 g/mol. The summed E-state index contributed by atoms with van der Waals surface area (Å²) in [5.74, 6) is 2.10. The third-order valence-electron chi connectivity index (χ3n) is 3.95. The zero-order valence-electron chi connectivity index (χ0n) is 12.7. The number of benzene rings is 1. The van der Waals surface area contributed by atoms with Crippen LogP contribution in [0.15, 0.2) is 34.9 Å². The molecule has 0 N–H and O–H groups in total. The zero-order chi connectivity index (χ0) is 14.7. The van der Waals surface area contributed by atoms with E-state index in [1.165, 1.54) is 12.1 Å². The van der Waals surface area contributed by atoms with E-state index in [1.807, 2.05) is 6.92 Å². The van der Waals surface area contributed by atoms with Crippen molar-refractivity contribution in [3.8, 4) is 0 Å². The van der Waals surface area contributed by atoms with Gasteiger partial charge in [0, 0.05) is 25.3 Å². The van der Waals surface area contributed by atoms with Gasteiger partial charge in [0.1, 0.15) is 0 Å². The van der Waals surface area contributed by atoms with E-state index in [1.54, 1.807) is 0 Å². The Bertz CT molecular complexity index is 569. The Morgan fingerprint density at radius 1 is 1.33 bits per heavy atom. The lowest BCUT2D eigenvalue weighted by Crippen LogP contribution is -2.28. The highest BCUT2D eigenvalue weighted by molar-refractivity contribution is 5.46. The van der Waals surface area contributed by atoms with Crippen LogP contribution < -0.4 is 4.90 Å². The number of hydrogen-bond acceptors (Lipinski definition) is 5. The molecule has 0 bridgehead atoms. The molecule has 1 saturated heterocycles. The summed E-state index contributed by atoms with van der Waals surface area (Å²) in [4.78, 5) is 9.00. The molecular weight excluding hydrogens is 264 g/mol. The quantitative estimate of drug-likeness (QED) is 0.844. The number of aryl methyl sites for hydroxylation is 1. The van der Waals surface area contributed by atoms with Crippen LogP contribution in [-0.4, -0.2) is 41.7 Å². The van der Waals surface area contributed by atoms with Crippen LogP contribution in [0.3, 0.4) is 0 Å². The Kier molecular flexibility index (Phi) is 4.20. The van der Waals surface area contributed by atoms with E-state index < -0.39 is 0 Å². The van der Waals surface area contributed by atoms with E-state index in [2.05, 4.69) is 57.3 Å². The van der Waals surface area contributed by atoms with Gasteiger partial charge in [-0.05, 0) is 38.4 Å². The van der Waals surface area contributed by atoms with Crippen LogP contribution in [-0.2, 0) is 6.54 Å². The van der Waals surface area contributed by atoms with Gasteiger partial charge in [0.05, 0.1) is 6.54 Å². The molecule has 1 aliphatic rings. The van der Waals surface area contributed by atoms with Crippen molar-refractivity contribution in [2.24, 2.45) is 5.92 Å². The average molecular weight is 286 g/mol. The number of rotatable bonds is 5. The topological polar surface area (TPSA) is 45.4 Å². The maximum absolute atomic E-state index is 5.18. The first-order valence-electron chi connectivity index (χ1n) is 7.48. The van der Waals surface area contributed by atoms with Crippen LogP contribution in [0.4, 0.5) is 5.69 Å². The number of para-hydroxylation sites is 1. The van der Waals surface area contributed by atoms with Gasteiger partial charge in [-0.1, -0.05) is 23.4 Å². The van der Waals surface area contributed by atoms with Crippen LogP contribution in [0, 0.1) is 12.8 Å². The summed E-state index contributed by atoms with van der Waals surface area (Å²) in [6.07, 6.45) is 1.24. The molecule has 1 aromatic heterocycles. The van der Waals surface area contributed by atoms with E-state index >= 15 is 0 Å². The van der Waals surface area contributed by atoms with Crippen LogP contribution in [0.25, 0.3) is 0 Å². The molecule has 1 aliphatic heterocycles. The molecule has 5 heteroatoms. The molecule has 1 atom stereocenters. The van der Waals surface area contributed by atoms with Crippen LogP contribution in [0.5, 0.6) is 0 Å². The predicted octanol–water partition coefficient (Wildman–Crippen LogP) is 2.34. The molecule has 5 nitrogen and oxygen atoms in total. The fourth-order valence-corrected chi connectivity index (χ4v) is 3.00. The van der Waals surface area contributed by atoms with Gasteiger partial charge < -0.3 is 9.42 Å². The Morgan fingerprint density at radius 2 is 2.14 bits per heavy atom. The van der Waals surface area contributed by atoms with Crippen molar-refractivity contribution in [1.29, 1.82) is 0 Å². The van der Waals surface area contributed by atoms with Gasteiger partial charge in [0.2, 0.25) is 5.89 Å². The molecule has 21 heavy (non-hydrogen) atoms. The SMILES string of the molecule is Cc1noc(CN(C)CC2CCN(c3ccccc3)C2)n1. The highest BCUT2D eigenvalue weighted by atomic mass is 16.5. The van der Waals surface area contributed by atoms with Crippen molar-refractivity contribution >= 4 is 5.69 Å². The van der Waals surface area contributed by atoms with Gasteiger partial charge in [-0.25, -0.2) is 0 Å². The lowest BCUT2D eigenvalue weighted by molar-refractivity contribution is 0.239. The standard InChI is InChI=1S/C16H22N4O/c1-13-17-16(21-18-13)12-19(2)10-14-8-9-20(11-14)15-6-4-3-5-7-15/h3-7,14H,8-12H2,1-2H3. The molecule has 0 spiro atoms. The zero-order valence-corrected chi connectivity index (χ0v) is 12.7. The lowest BCUT2D eigenvalue weighted by atomic mass is 10.1. The third-order valence-corrected chi connectivity index (χ3v) is 3.95. The fraction of sp³-hybridized carbons (Fsp3) is 0.500. The first kappa shape index (κ1) is 14.1. The third kappa shape index (κ3) is 3.61. The van der Waals surface area contributed by atoms with Crippen LogP contribution >= 0.6 is 0 Å². The normalized spacial score (nSPS) is 18.6. The summed E-state index contributed by atoms with van der Waals surface area (Å²) in [5, 5.41) is 3.83. The van der Waals surface area contributed by atoms with Crippen molar-refractivity contribution in [3.05, 3.63) is 42.0 Å². The van der Waals surface area contributed by atoms with E-state index in [0.29, 0.717) is 17.6 Å². The van der Waals surface area contributed by atoms with Gasteiger partial charge in [0.25, 0.3) is 0 Å². The van der Waals surface area contributed by atoms with Crippen LogP contribution in [0.2, 0.25) is 0 Å². The fourth-order valence-electron chi connectivity index (χ4n) is 3.00. The Balaban J connectivity index is 1.50. The molecular formula is C16H22N4O. The minimum atomic E-state index is 0.694. The second-order valence-corrected chi connectivity index (χ2v) is 5.87. The first-order chi connectivity index (χ1) is 10.2. The minimum Gasteiger partial charge on any atom is -0.371 e. The Labute approximate surface area is 125 Å². The summed E-state index contributed by atoms with van der Waals surface area (Å²) in [6.45, 7) is 5.90. The maximum atomic E-state index is 5.18. The summed E-state index contributed by atoms with van der Waals surface area (Å²) in [5.41, 5.74) is 1.33. The molecule has 0 amide bonds. The lowest BCUT2D eigenvalue weighted by Gasteiger charge is -2.21. The highest BCUT2D eigenvalue weighted by Gasteiger charge is 2.24. The summed E-state index contributed by atoms with van der Waals surface area (Å²) >= 11 is 0. The minimum absolute atomic E-state index is 0.694. The smallest absolute Gasteiger partial charge is 0.240 e. The molecule has 2 aromatic rings. The summed E-state index contributed by atoms with van der Waals surface area (Å²) in [7, 11) is 2.12. The van der Waals surface area contributed by atoms with Crippen molar-refractivity contribution in [2.45, 2.75) is 19.9 Å². The first-order valence-corrected chi connectivity index (χ1v) is 7.48. The number of aromatic nitrogens is 2. The average Bonchev–Trinajstić information content (AvgIpc) is 3.09. The van der Waals surface area contributed by atoms with Gasteiger partial charge in [-0.15, -0.1) is 0 Å². The van der Waals surface area contributed by atoms with E-state index in [-0.39, 0.29) is 0 Å². The highest BCUT2D eigenvalue weighted by Crippen LogP contribution is 2.24. The van der Waals surface area contributed by atoms with Crippen molar-refractivity contribution in [3.63, 3.8) is 0 Å². The van der Waals surface area contributed by atoms with Gasteiger partial charge in [0.15, 0.2) is 5.82 Å². The molecule has 1 unspecified atom stereocenters. The molecule has 112 valence electrons. The summed E-state index contributed by atoms with van der Waals surface area (Å²) < 4.78 is 5.18. The van der Waals surface area contributed by atoms with E-state index in [9.17, 15) is 0 Å². The van der Waals surface area contributed by atoms with Gasteiger partial charge in [-0.3, -0.25) is 4.90 Å². The van der Waals surface area contributed by atoms with E-state index in [4.69, 9.17) is 4.52 Å². The molecule has 1 fully saturated rings. The molecule has 2 heterocycles. The van der Waals surface area contributed by atoms with Crippen molar-refractivity contribution in [2.75, 3.05) is 31.6 Å². The molecule has 0 aliphatic carbocycles. The Hall–Kier alpha value is -1.88. The number of nitrogens with zero attached hydrogens (tertiary/aromatic N) is 4. The van der Waals surface area contributed by atoms with Crippen LogP contribution in [0.1, 0.15) is 18.1 Å². The van der Waals surface area contributed by atoms with E-state index in [0.717, 1.165) is 26.2 Å². The predicted molar refractivity (Wildman–Crippen MR) is 82.1 cm³/mol.